The zero-order chi connectivity index (χ0) is 72.1. The van der Waals surface area contributed by atoms with Crippen molar-refractivity contribution in [2.24, 2.45) is 195 Å². The third-order valence-corrected chi connectivity index (χ3v) is 39.6. The van der Waals surface area contributed by atoms with Crippen LogP contribution in [0.3, 0.4) is 0 Å². The lowest BCUT2D eigenvalue weighted by atomic mass is 9.44. The van der Waals surface area contributed by atoms with Gasteiger partial charge in [0.15, 0.2) is 0 Å². The second-order valence-corrected chi connectivity index (χ2v) is 49.5. The van der Waals surface area contributed by atoms with E-state index in [2.05, 4.69) is 178 Å². The highest BCUT2D eigenvalue weighted by Crippen LogP contribution is 2.73. The van der Waals surface area contributed by atoms with E-state index in [1.165, 1.54) is 167 Å². The Kier molecular flexibility index (Phi) is 21.6. The van der Waals surface area contributed by atoms with Crippen LogP contribution in [-0.2, 0) is 0 Å². The van der Waals surface area contributed by atoms with Crippen molar-refractivity contribution in [3.8, 4) is 0 Å². The number of hydrogen-bond donors (Lipinski definition) is 0. The van der Waals surface area contributed by atoms with Crippen LogP contribution in [0.25, 0.3) is 0 Å². The van der Waals surface area contributed by atoms with Crippen molar-refractivity contribution < 1.29 is 0 Å². The molecule has 14 fully saturated rings. The lowest BCUT2D eigenvalue weighted by Gasteiger charge is -2.61. The molecule has 0 aromatic heterocycles. The Labute approximate surface area is 624 Å². The molecule has 0 N–H and O–H groups in total. The van der Waals surface area contributed by atoms with Gasteiger partial charge in [0.25, 0.3) is 0 Å². The van der Waals surface area contributed by atoms with E-state index in [-0.39, 0.29) is 0 Å². The Morgan fingerprint density at radius 2 is 0.500 bits per heavy atom. The van der Waals surface area contributed by atoms with Crippen molar-refractivity contribution in [1.29, 1.82) is 0 Å². The molecule has 0 amide bonds. The molecule has 100 heavy (non-hydrogen) atoms. The van der Waals surface area contributed by atoms with Crippen LogP contribution < -0.4 is 0 Å². The summed E-state index contributed by atoms with van der Waals surface area (Å²) < 4.78 is 0. The van der Waals surface area contributed by atoms with Gasteiger partial charge in [-0.2, -0.15) is 0 Å². The van der Waals surface area contributed by atoms with E-state index in [1.807, 2.05) is 0 Å². The normalized spacial score (nSPS) is 51.4. The second-order valence-electron chi connectivity index (χ2n) is 49.5. The van der Waals surface area contributed by atoms with Crippen molar-refractivity contribution in [1.82, 2.24) is 0 Å². The van der Waals surface area contributed by atoms with Gasteiger partial charge in [-0.05, 0) is 453 Å². The highest BCUT2D eigenvalue weighted by Gasteiger charge is 2.64. The minimum absolute atomic E-state index is 0.509. The van der Waals surface area contributed by atoms with Gasteiger partial charge in [-0.15, -0.1) is 0 Å². The van der Waals surface area contributed by atoms with Crippen LogP contribution in [0.5, 0.6) is 0 Å². The summed E-state index contributed by atoms with van der Waals surface area (Å²) >= 11 is 0. The van der Waals surface area contributed by atoms with Gasteiger partial charge in [0.05, 0.1) is 0 Å². The molecule has 0 saturated heterocycles. The monoisotopic (exact) mass is 1370 g/mol. The fourth-order valence-electron chi connectivity index (χ4n) is 33.7. The standard InChI is InChI=1S/2C25H44.2C25H42/c4*1-17-7-10-21-20-9-8-19-15-18(16-23(2,3)4)11-13-25(19,6)22(20)12-14-24(17,21)5/h2*17-22H,7-16H2,1-6H3;2*7,18-22H,8-16H2,1-6H3/t2*17?,18-,19?,20?,21?,22?,24?,25?;2*18-,19?,20?,21?,22?,24?,25?/m1010/s1. The van der Waals surface area contributed by atoms with Crippen molar-refractivity contribution in [2.75, 3.05) is 0 Å². The smallest absolute Gasteiger partial charge is 0.00851 e. The van der Waals surface area contributed by atoms with E-state index in [4.69, 9.17) is 0 Å². The molecular weight excluding hydrogens is 1200 g/mol. The molecule has 0 spiro atoms. The van der Waals surface area contributed by atoms with Crippen molar-refractivity contribution in [3.63, 3.8) is 0 Å². The summed E-state index contributed by atoms with van der Waals surface area (Å²) in [5.41, 5.74) is 10.7. The van der Waals surface area contributed by atoms with Gasteiger partial charge in [-0.25, -0.2) is 0 Å². The SMILES string of the molecule is CC1=CCC2C3CCC4C[C@@H](CC(C)(C)C)CCC4(C)C3CCC12C.CC1=CCC2C3CCC4C[C@H](CC(C)(C)C)CCC4(C)C3CCC12C.CC1CCC2C3CCC4C[C@@H](CC(C)(C)C)CCC4(C)C3CCC12C.CC1CCC2C3CCC4C[C@H](CC(C)(C)C)CCC4(C)C3CCC12C. The van der Waals surface area contributed by atoms with Crippen LogP contribution in [0.4, 0.5) is 0 Å². The molecule has 0 radical (unpaired) electrons. The molecule has 26 unspecified atom stereocenters. The molecule has 0 heteroatoms. The fraction of sp³-hybridized carbons (Fsp3) is 0.960. The molecular formula is C100H172. The minimum atomic E-state index is 0.509. The maximum absolute atomic E-state index is 2.74. The Bertz CT molecular complexity index is 2560. The van der Waals surface area contributed by atoms with Gasteiger partial charge in [0.2, 0.25) is 0 Å². The summed E-state index contributed by atoms with van der Waals surface area (Å²) in [5.74, 6) is 22.5. The second kappa shape index (κ2) is 27.8. The highest BCUT2D eigenvalue weighted by atomic mass is 14.7. The molecule has 30 atom stereocenters. The van der Waals surface area contributed by atoms with Gasteiger partial charge >= 0.3 is 0 Å². The van der Waals surface area contributed by atoms with E-state index >= 15 is 0 Å². The molecule has 0 aliphatic heterocycles. The minimum Gasteiger partial charge on any atom is -0.0847 e. The predicted octanol–water partition coefficient (Wildman–Crippen LogP) is 30.7. The Morgan fingerprint density at radius 1 is 0.270 bits per heavy atom. The Balaban J connectivity index is 0.000000119. The van der Waals surface area contributed by atoms with E-state index in [0.29, 0.717) is 65.0 Å². The Hall–Kier alpha value is -0.520. The summed E-state index contributed by atoms with van der Waals surface area (Å²) in [7, 11) is 0. The molecule has 16 aliphatic carbocycles. The van der Waals surface area contributed by atoms with Crippen LogP contribution >= 0.6 is 0 Å². The van der Waals surface area contributed by atoms with Crippen molar-refractivity contribution in [2.45, 2.75) is 410 Å². The fourth-order valence-corrected chi connectivity index (χ4v) is 33.7. The molecule has 0 nitrogen and oxygen atoms in total. The molecule has 0 aromatic carbocycles. The lowest BCUT2D eigenvalue weighted by Crippen LogP contribution is -2.53. The summed E-state index contributed by atoms with van der Waals surface area (Å²) in [5, 5.41) is 0. The van der Waals surface area contributed by atoms with E-state index in [9.17, 15) is 0 Å². The van der Waals surface area contributed by atoms with Crippen LogP contribution in [0.1, 0.15) is 410 Å². The third-order valence-electron chi connectivity index (χ3n) is 39.6. The summed E-state index contributed by atoms with van der Waals surface area (Å²) in [6.45, 7) is 60.7. The number of fused-ring (bicyclic) bond motifs is 20. The third kappa shape index (κ3) is 14.3. The molecule has 0 aromatic rings. The van der Waals surface area contributed by atoms with E-state index < -0.39 is 0 Å². The van der Waals surface area contributed by atoms with Gasteiger partial charge in [-0.1, -0.05) is 176 Å². The average Bonchev–Trinajstić information content (AvgIpc) is 1.40. The van der Waals surface area contributed by atoms with Gasteiger partial charge in [-0.3, -0.25) is 0 Å². The maximum atomic E-state index is 2.74. The first kappa shape index (κ1) is 77.6. The van der Waals surface area contributed by atoms with Crippen LogP contribution in [0.15, 0.2) is 23.3 Å². The first-order valence-corrected chi connectivity index (χ1v) is 45.9. The predicted molar refractivity (Wildman–Crippen MR) is 434 cm³/mol. The molecule has 14 saturated carbocycles. The molecule has 16 aliphatic rings. The first-order chi connectivity index (χ1) is 46.5. The van der Waals surface area contributed by atoms with E-state index in [0.717, 1.165) is 130 Å². The summed E-state index contributed by atoms with van der Waals surface area (Å²) in [6, 6.07) is 0. The van der Waals surface area contributed by atoms with E-state index in [1.54, 1.807) is 88.2 Å². The molecule has 16 rings (SSSR count). The van der Waals surface area contributed by atoms with Crippen LogP contribution in [0, 0.1) is 195 Å². The largest absolute Gasteiger partial charge is 0.0847 e. The summed E-state index contributed by atoms with van der Waals surface area (Å²) in [4.78, 5) is 0. The quantitative estimate of drug-likeness (QED) is 0.246. The number of allylic oxidation sites excluding steroid dienone is 4. The van der Waals surface area contributed by atoms with Gasteiger partial charge in [0.1, 0.15) is 0 Å². The van der Waals surface area contributed by atoms with Crippen LogP contribution in [0.2, 0.25) is 0 Å². The Morgan fingerprint density at radius 3 is 0.760 bits per heavy atom. The highest BCUT2D eigenvalue weighted by molar-refractivity contribution is 5.26. The number of rotatable bonds is 4. The lowest BCUT2D eigenvalue weighted by molar-refractivity contribution is -0.118. The topological polar surface area (TPSA) is 0 Å². The van der Waals surface area contributed by atoms with Crippen LogP contribution in [-0.4, -0.2) is 0 Å². The van der Waals surface area contributed by atoms with Crippen molar-refractivity contribution in [3.05, 3.63) is 23.3 Å². The molecule has 0 bridgehead atoms. The number of hydrogen-bond acceptors (Lipinski definition) is 0. The average molecular weight is 1370 g/mol. The summed E-state index contributed by atoms with van der Waals surface area (Å²) in [6.07, 6.45) is 62.8. The molecule has 0 heterocycles. The van der Waals surface area contributed by atoms with Gasteiger partial charge in [0, 0.05) is 0 Å². The van der Waals surface area contributed by atoms with Crippen molar-refractivity contribution >= 4 is 0 Å². The zero-order valence-electron chi connectivity index (χ0n) is 71.7. The zero-order valence-corrected chi connectivity index (χ0v) is 71.7. The first-order valence-electron chi connectivity index (χ1n) is 45.9. The maximum Gasteiger partial charge on any atom is -0.00851 e. The molecule has 572 valence electrons. The van der Waals surface area contributed by atoms with Gasteiger partial charge < -0.3 is 0 Å².